The molecule has 10 heteroatoms. The third kappa shape index (κ3) is 6.00. The van der Waals surface area contributed by atoms with Crippen LogP contribution in [0, 0.1) is 0 Å². The van der Waals surface area contributed by atoms with E-state index in [1.165, 1.54) is 25.1 Å². The van der Waals surface area contributed by atoms with Crippen LogP contribution in [0.15, 0.2) is 36.4 Å². The number of aliphatic hydroxyl groups is 1. The summed E-state index contributed by atoms with van der Waals surface area (Å²) in [5, 5.41) is 24.3. The minimum Gasteiger partial charge on any atom is -0.508 e. The Balaban J connectivity index is 1.13. The van der Waals surface area contributed by atoms with Crippen LogP contribution in [0.25, 0.3) is 0 Å². The fourth-order valence-corrected chi connectivity index (χ4v) is 5.88. The zero-order valence-corrected chi connectivity index (χ0v) is 22.2. The van der Waals surface area contributed by atoms with Crippen LogP contribution in [0.3, 0.4) is 0 Å². The van der Waals surface area contributed by atoms with Gasteiger partial charge in [0.1, 0.15) is 35.6 Å². The fraction of sp³-hybridized carbons (Fsp3) is 0.500. The Morgan fingerprint density at radius 1 is 1.21 bits per heavy atom. The van der Waals surface area contributed by atoms with E-state index in [1.807, 2.05) is 18.2 Å². The molecule has 0 aliphatic carbocycles. The van der Waals surface area contributed by atoms with E-state index < -0.39 is 6.10 Å². The molecule has 0 radical (unpaired) electrons. The third-order valence-corrected chi connectivity index (χ3v) is 7.84. The number of phenolic OH excluding ortho intramolecular Hbond substituents is 1. The number of carbonyl (C=O) groups excluding carboxylic acids is 2. The van der Waals surface area contributed by atoms with Crippen molar-refractivity contribution < 1.29 is 29.3 Å². The fourth-order valence-electron chi connectivity index (χ4n) is 5.69. The molecular formula is C28H34ClN3O6. The summed E-state index contributed by atoms with van der Waals surface area (Å²) >= 11 is 6.14. The van der Waals surface area contributed by atoms with E-state index >= 15 is 0 Å². The number of fused-ring (bicyclic) bond motifs is 1. The predicted octanol–water partition coefficient (Wildman–Crippen LogP) is 2.61. The maximum atomic E-state index is 13.2. The molecule has 0 bridgehead atoms. The van der Waals surface area contributed by atoms with E-state index in [1.54, 1.807) is 4.90 Å². The number of piperidine rings is 1. The maximum Gasteiger partial charge on any atom is 0.257 e. The minimum absolute atomic E-state index is 0.0136. The number of rotatable bonds is 7. The van der Waals surface area contributed by atoms with Gasteiger partial charge >= 0.3 is 0 Å². The highest BCUT2D eigenvalue weighted by molar-refractivity contribution is 6.30. The number of hydrogen-bond donors (Lipinski definition) is 3. The topological polar surface area (TPSA) is 112 Å². The minimum atomic E-state index is -0.772. The first-order valence-electron chi connectivity index (χ1n) is 13.1. The molecule has 204 valence electrons. The van der Waals surface area contributed by atoms with Crippen LogP contribution in [0.2, 0.25) is 5.02 Å². The Labute approximate surface area is 227 Å². The quantitative estimate of drug-likeness (QED) is 0.492. The lowest BCUT2D eigenvalue weighted by atomic mass is 9.87. The van der Waals surface area contributed by atoms with Gasteiger partial charge in [0, 0.05) is 76.0 Å². The van der Waals surface area contributed by atoms with Crippen molar-refractivity contribution in [3.8, 4) is 17.2 Å². The van der Waals surface area contributed by atoms with E-state index in [2.05, 4.69) is 10.2 Å². The van der Waals surface area contributed by atoms with Crippen molar-refractivity contribution in [1.82, 2.24) is 15.1 Å². The number of nitrogens with zero attached hydrogens (tertiary/aromatic N) is 2. The Hall–Kier alpha value is -3.01. The number of β-amino-alcohol motifs (C(OH)–C–C–N with tert-alkyl or cyclic N) is 1. The molecule has 2 atom stereocenters. The van der Waals surface area contributed by atoms with Crippen LogP contribution in [-0.2, 0) is 11.2 Å². The normalized spacial score (nSPS) is 21.1. The summed E-state index contributed by atoms with van der Waals surface area (Å²) in [6, 6.07) is 10.1. The van der Waals surface area contributed by atoms with Crippen molar-refractivity contribution in [3.63, 3.8) is 0 Å². The Kier molecular flexibility index (Phi) is 7.70. The number of hydrogen-bond acceptors (Lipinski definition) is 7. The average Bonchev–Trinajstić information content (AvgIpc) is 3.47. The zero-order chi connectivity index (χ0) is 26.9. The molecule has 2 amide bonds. The van der Waals surface area contributed by atoms with Crippen molar-refractivity contribution in [2.24, 2.45) is 0 Å². The Morgan fingerprint density at radius 2 is 2.00 bits per heavy atom. The van der Waals surface area contributed by atoms with Gasteiger partial charge in [0.2, 0.25) is 5.91 Å². The molecule has 0 unspecified atom stereocenters. The van der Waals surface area contributed by atoms with Crippen molar-refractivity contribution in [1.29, 1.82) is 0 Å². The van der Waals surface area contributed by atoms with Crippen molar-refractivity contribution in [2.45, 2.75) is 50.4 Å². The second-order valence-electron chi connectivity index (χ2n) is 10.6. The van der Waals surface area contributed by atoms with Crippen LogP contribution >= 0.6 is 11.6 Å². The average molecular weight is 544 g/mol. The Morgan fingerprint density at radius 3 is 2.76 bits per heavy atom. The standard InChI is InChI=1S/C28H34ClN3O6/c1-18(33)30-21-6-9-32(15-21)27(36)24-4-3-22(34)13-26(24)37-17-23(35)16-31-10-7-28(8-11-31)14-19-12-20(29)2-5-25(19)38-28/h2-5,12-13,21,23,34-35H,6-11,14-17H2,1H3,(H,30,33)/t21-,23-/m0/s1. The van der Waals surface area contributed by atoms with Gasteiger partial charge < -0.3 is 34.8 Å². The first-order valence-corrected chi connectivity index (χ1v) is 13.5. The molecule has 1 spiro atoms. The summed E-state index contributed by atoms with van der Waals surface area (Å²) in [6.45, 7) is 4.40. The van der Waals surface area contributed by atoms with Gasteiger partial charge in [-0.1, -0.05) is 11.6 Å². The van der Waals surface area contributed by atoms with Crippen LogP contribution in [0.1, 0.15) is 42.1 Å². The second kappa shape index (κ2) is 11.0. The van der Waals surface area contributed by atoms with Gasteiger partial charge in [0.25, 0.3) is 5.91 Å². The number of aliphatic hydroxyl groups excluding tert-OH is 1. The molecule has 3 heterocycles. The number of carbonyl (C=O) groups is 2. The van der Waals surface area contributed by atoms with Gasteiger partial charge in [-0.2, -0.15) is 0 Å². The highest BCUT2D eigenvalue weighted by Crippen LogP contribution is 2.42. The van der Waals surface area contributed by atoms with Crippen LogP contribution in [-0.4, -0.2) is 88.9 Å². The molecule has 0 aromatic heterocycles. The molecule has 3 N–H and O–H groups in total. The van der Waals surface area contributed by atoms with E-state index in [0.29, 0.717) is 31.6 Å². The van der Waals surface area contributed by atoms with Crippen molar-refractivity contribution in [3.05, 3.63) is 52.5 Å². The molecule has 5 rings (SSSR count). The van der Waals surface area contributed by atoms with Crippen LogP contribution in [0.5, 0.6) is 17.2 Å². The molecule has 0 saturated carbocycles. The predicted molar refractivity (Wildman–Crippen MR) is 142 cm³/mol. The number of benzene rings is 2. The monoisotopic (exact) mass is 543 g/mol. The maximum absolute atomic E-state index is 13.2. The highest BCUT2D eigenvalue weighted by atomic mass is 35.5. The largest absolute Gasteiger partial charge is 0.508 e. The second-order valence-corrected chi connectivity index (χ2v) is 11.0. The summed E-state index contributed by atoms with van der Waals surface area (Å²) in [5.74, 6) is 0.755. The lowest BCUT2D eigenvalue weighted by Gasteiger charge is -2.39. The lowest BCUT2D eigenvalue weighted by Crippen LogP contribution is -2.49. The summed E-state index contributed by atoms with van der Waals surface area (Å²) < 4.78 is 12.2. The number of phenols is 1. The van der Waals surface area contributed by atoms with Gasteiger partial charge in [-0.25, -0.2) is 0 Å². The van der Waals surface area contributed by atoms with Gasteiger partial charge in [-0.3, -0.25) is 9.59 Å². The van der Waals surface area contributed by atoms with Gasteiger partial charge in [-0.15, -0.1) is 0 Å². The summed E-state index contributed by atoms with van der Waals surface area (Å²) in [5.41, 5.74) is 1.25. The van der Waals surface area contributed by atoms with Gasteiger partial charge in [0.05, 0.1) is 5.56 Å². The van der Waals surface area contributed by atoms with Crippen LogP contribution in [0.4, 0.5) is 0 Å². The summed E-state index contributed by atoms with van der Waals surface area (Å²) in [7, 11) is 0. The summed E-state index contributed by atoms with van der Waals surface area (Å²) in [4.78, 5) is 28.4. The highest BCUT2D eigenvalue weighted by Gasteiger charge is 2.42. The smallest absolute Gasteiger partial charge is 0.257 e. The van der Waals surface area contributed by atoms with Gasteiger partial charge in [-0.05, 0) is 42.3 Å². The molecule has 3 aliphatic heterocycles. The SMILES string of the molecule is CC(=O)N[C@H]1CCN(C(=O)c2ccc(O)cc2OC[C@@H](O)CN2CCC3(CC2)Cc2cc(Cl)ccc2O3)C1. The van der Waals surface area contributed by atoms with Gasteiger partial charge in [0.15, 0.2) is 0 Å². The molecule has 9 nitrogen and oxygen atoms in total. The molecular weight excluding hydrogens is 510 g/mol. The number of halogens is 1. The molecule has 3 aliphatic rings. The molecule has 2 aromatic rings. The number of amides is 2. The number of likely N-dealkylation sites (tertiary alicyclic amines) is 2. The van der Waals surface area contributed by atoms with E-state index in [-0.39, 0.29) is 41.6 Å². The zero-order valence-electron chi connectivity index (χ0n) is 21.5. The Bertz CT molecular complexity index is 1200. The first-order chi connectivity index (χ1) is 18.2. The van der Waals surface area contributed by atoms with E-state index in [0.717, 1.165) is 48.7 Å². The summed E-state index contributed by atoms with van der Waals surface area (Å²) in [6.07, 6.45) is 2.46. The number of nitrogens with one attached hydrogen (secondary N) is 1. The molecule has 2 saturated heterocycles. The van der Waals surface area contributed by atoms with Crippen molar-refractivity contribution >= 4 is 23.4 Å². The molecule has 2 fully saturated rings. The number of ether oxygens (including phenoxy) is 2. The van der Waals surface area contributed by atoms with Crippen molar-refractivity contribution in [2.75, 3.05) is 39.3 Å². The van der Waals surface area contributed by atoms with E-state index in [9.17, 15) is 19.8 Å². The van der Waals surface area contributed by atoms with Crippen LogP contribution < -0.4 is 14.8 Å². The molecule has 38 heavy (non-hydrogen) atoms. The number of aromatic hydroxyl groups is 1. The van der Waals surface area contributed by atoms with E-state index in [4.69, 9.17) is 21.1 Å². The molecule has 2 aromatic carbocycles. The first kappa shape index (κ1) is 26.6. The third-order valence-electron chi connectivity index (χ3n) is 7.61. The lowest BCUT2D eigenvalue weighted by molar-refractivity contribution is -0.119.